The number of nitrogens with one attached hydrogen (secondary N) is 1. The number of nitrogens with two attached hydrogens (primary N) is 1. The number of ether oxygens (including phenoxy) is 1. The van der Waals surface area contributed by atoms with E-state index in [1.165, 1.54) is 16.7 Å². The first-order valence-corrected chi connectivity index (χ1v) is 9.32. The highest BCUT2D eigenvalue weighted by Gasteiger charge is 2.39. The van der Waals surface area contributed by atoms with Crippen molar-refractivity contribution in [2.75, 3.05) is 24.7 Å². The maximum Gasteiger partial charge on any atom is 0.242 e. The summed E-state index contributed by atoms with van der Waals surface area (Å²) in [4.78, 5) is 12.2. The number of carbonyl (C=O) groups excluding carboxylic acids is 1. The van der Waals surface area contributed by atoms with Gasteiger partial charge >= 0.3 is 0 Å². The van der Waals surface area contributed by atoms with Crippen LogP contribution in [0.25, 0.3) is 5.57 Å². The fraction of sp³-hybridized carbons (Fsp3) is 0.250. The van der Waals surface area contributed by atoms with E-state index in [1.54, 1.807) is 23.3 Å². The zero-order valence-corrected chi connectivity index (χ0v) is 15.8. The molecular formula is C20H20ClFN4O2. The molecule has 0 aromatic heterocycles. The number of morpholine rings is 1. The lowest BCUT2D eigenvalue weighted by molar-refractivity contribution is -0.119. The molecule has 2 unspecified atom stereocenters. The van der Waals surface area contributed by atoms with Crippen LogP contribution in [0, 0.1) is 5.82 Å². The maximum atomic E-state index is 13.3. The number of benzene rings is 2. The molecule has 2 aliphatic rings. The number of hydrogen-bond acceptors (Lipinski definition) is 5. The Morgan fingerprint density at radius 2 is 1.96 bits per heavy atom. The lowest BCUT2D eigenvalue weighted by Crippen LogP contribution is -2.42. The summed E-state index contributed by atoms with van der Waals surface area (Å²) in [5, 5.41) is 4.90. The van der Waals surface area contributed by atoms with Crippen LogP contribution >= 0.6 is 11.8 Å². The minimum atomic E-state index is -0.871. The molecule has 28 heavy (non-hydrogen) atoms. The first-order valence-electron chi connectivity index (χ1n) is 8.98. The molecule has 6 nitrogen and oxygen atoms in total. The Morgan fingerprint density at radius 1 is 1.21 bits per heavy atom. The molecule has 2 atom stereocenters. The summed E-state index contributed by atoms with van der Waals surface area (Å²) in [6.07, 6.45) is 1.62. The third-order valence-electron chi connectivity index (χ3n) is 4.88. The van der Waals surface area contributed by atoms with E-state index in [4.69, 9.17) is 22.2 Å². The van der Waals surface area contributed by atoms with E-state index in [0.29, 0.717) is 24.4 Å². The molecule has 1 fully saturated rings. The van der Waals surface area contributed by atoms with E-state index in [-0.39, 0.29) is 11.9 Å². The van der Waals surface area contributed by atoms with E-state index < -0.39 is 11.9 Å². The van der Waals surface area contributed by atoms with Crippen molar-refractivity contribution in [2.45, 2.75) is 12.1 Å². The number of hydrazine groups is 1. The second-order valence-corrected chi connectivity index (χ2v) is 7.00. The Labute approximate surface area is 167 Å². The van der Waals surface area contributed by atoms with Gasteiger partial charge in [0.2, 0.25) is 5.91 Å². The predicted molar refractivity (Wildman–Crippen MR) is 106 cm³/mol. The van der Waals surface area contributed by atoms with Crippen molar-refractivity contribution in [3.63, 3.8) is 0 Å². The van der Waals surface area contributed by atoms with Gasteiger partial charge in [0.25, 0.3) is 0 Å². The zero-order valence-electron chi connectivity index (χ0n) is 15.0. The molecule has 4 rings (SSSR count). The van der Waals surface area contributed by atoms with Crippen molar-refractivity contribution >= 4 is 28.9 Å². The average molecular weight is 403 g/mol. The molecule has 2 aromatic carbocycles. The SMILES string of the molecule is NC(=O)C1C(c2ccccc2C2CNCCO2)=CN(c2ccc(F)cc2)N1Cl. The second-order valence-electron chi connectivity index (χ2n) is 6.65. The third kappa shape index (κ3) is 3.49. The molecule has 146 valence electrons. The Bertz CT molecular complexity index is 899. The number of amides is 1. The van der Waals surface area contributed by atoms with Gasteiger partial charge in [0, 0.05) is 36.6 Å². The number of nitrogens with zero attached hydrogens (tertiary/aromatic N) is 2. The highest BCUT2D eigenvalue weighted by Crippen LogP contribution is 2.38. The van der Waals surface area contributed by atoms with Crippen molar-refractivity contribution in [3.8, 4) is 0 Å². The summed E-state index contributed by atoms with van der Waals surface area (Å²) < 4.78 is 20.4. The molecule has 2 heterocycles. The van der Waals surface area contributed by atoms with Crippen molar-refractivity contribution in [2.24, 2.45) is 5.73 Å². The Morgan fingerprint density at radius 3 is 2.64 bits per heavy atom. The fourth-order valence-electron chi connectivity index (χ4n) is 3.56. The normalized spacial score (nSPS) is 22.9. The Kier molecular flexibility index (Phi) is 5.32. The molecule has 1 saturated heterocycles. The maximum absolute atomic E-state index is 13.3. The van der Waals surface area contributed by atoms with Gasteiger partial charge in [-0.3, -0.25) is 9.80 Å². The van der Waals surface area contributed by atoms with E-state index in [2.05, 4.69) is 5.32 Å². The smallest absolute Gasteiger partial charge is 0.242 e. The van der Waals surface area contributed by atoms with Gasteiger partial charge in [0.15, 0.2) is 6.04 Å². The van der Waals surface area contributed by atoms with Crippen molar-refractivity contribution in [1.29, 1.82) is 0 Å². The summed E-state index contributed by atoms with van der Waals surface area (Å²) >= 11 is 6.47. The lowest BCUT2D eigenvalue weighted by atomic mass is 9.92. The standard InChI is InChI=1S/C20H20ClFN4O2/c21-26-19(20(23)27)17(12-25(26)14-7-5-13(22)6-8-14)15-3-1-2-4-16(15)18-11-24-9-10-28-18/h1-8,12,18-19,24H,9-11H2,(H2,23,27). The molecule has 3 N–H and O–H groups in total. The van der Waals surface area contributed by atoms with Gasteiger partial charge in [-0.05, 0) is 35.4 Å². The number of primary amides is 1. The minimum absolute atomic E-state index is 0.136. The van der Waals surface area contributed by atoms with E-state index in [0.717, 1.165) is 17.7 Å². The van der Waals surface area contributed by atoms with Crippen molar-refractivity contribution in [3.05, 3.63) is 71.7 Å². The van der Waals surface area contributed by atoms with Gasteiger partial charge in [-0.1, -0.05) is 24.3 Å². The van der Waals surface area contributed by atoms with Crippen LogP contribution in [0.4, 0.5) is 10.1 Å². The first kappa shape index (κ1) is 18.9. The molecule has 8 heteroatoms. The predicted octanol–water partition coefficient (Wildman–Crippen LogP) is 2.57. The number of anilines is 1. The van der Waals surface area contributed by atoms with Gasteiger partial charge in [-0.15, -0.1) is 4.53 Å². The molecule has 0 radical (unpaired) electrons. The van der Waals surface area contributed by atoms with Crippen LogP contribution in [-0.2, 0) is 9.53 Å². The quantitative estimate of drug-likeness (QED) is 0.769. The summed E-state index contributed by atoms with van der Waals surface area (Å²) in [5.74, 6) is -0.935. The molecular weight excluding hydrogens is 383 g/mol. The second kappa shape index (κ2) is 7.89. The first-order chi connectivity index (χ1) is 13.6. The van der Waals surface area contributed by atoms with Gasteiger partial charge in [-0.25, -0.2) is 4.39 Å². The van der Waals surface area contributed by atoms with Crippen LogP contribution < -0.4 is 16.1 Å². The highest BCUT2D eigenvalue weighted by molar-refractivity contribution is 6.18. The number of carbonyl (C=O) groups is 1. The molecule has 2 aromatic rings. The molecule has 0 spiro atoms. The molecule has 0 aliphatic carbocycles. The van der Waals surface area contributed by atoms with Crippen molar-refractivity contribution in [1.82, 2.24) is 9.84 Å². The van der Waals surface area contributed by atoms with E-state index in [9.17, 15) is 9.18 Å². The highest BCUT2D eigenvalue weighted by atomic mass is 35.5. The number of rotatable bonds is 4. The van der Waals surface area contributed by atoms with Gasteiger partial charge < -0.3 is 15.8 Å². The monoisotopic (exact) mass is 402 g/mol. The molecule has 2 aliphatic heterocycles. The number of hydrogen-bond donors (Lipinski definition) is 2. The summed E-state index contributed by atoms with van der Waals surface area (Å²) in [6.45, 7) is 2.09. The Hall–Kier alpha value is -2.45. The fourth-order valence-corrected chi connectivity index (χ4v) is 3.89. The van der Waals surface area contributed by atoms with Crippen LogP contribution in [0.3, 0.4) is 0 Å². The topological polar surface area (TPSA) is 70.8 Å². The van der Waals surface area contributed by atoms with Crippen molar-refractivity contribution < 1.29 is 13.9 Å². The molecule has 0 saturated carbocycles. The van der Waals surface area contributed by atoms with Gasteiger partial charge in [0.05, 0.1) is 18.4 Å². The summed E-state index contributed by atoms with van der Waals surface area (Å²) in [7, 11) is 0. The van der Waals surface area contributed by atoms with Gasteiger partial charge in [0.1, 0.15) is 5.82 Å². The number of halogens is 2. The molecule has 1 amide bonds. The average Bonchev–Trinajstić information content (AvgIpc) is 3.06. The minimum Gasteiger partial charge on any atom is -0.371 e. The molecule has 0 bridgehead atoms. The van der Waals surface area contributed by atoms with Gasteiger partial charge in [-0.2, -0.15) is 0 Å². The lowest BCUT2D eigenvalue weighted by Gasteiger charge is -2.28. The Balaban J connectivity index is 1.77. The van der Waals surface area contributed by atoms with Crippen LogP contribution in [0.1, 0.15) is 17.2 Å². The summed E-state index contributed by atoms with van der Waals surface area (Å²) in [6, 6.07) is 12.7. The summed E-state index contributed by atoms with van der Waals surface area (Å²) in [5.41, 5.74) is 8.75. The van der Waals surface area contributed by atoms with Crippen LogP contribution in [0.5, 0.6) is 0 Å². The van der Waals surface area contributed by atoms with Crippen LogP contribution in [0.2, 0.25) is 0 Å². The van der Waals surface area contributed by atoms with E-state index >= 15 is 0 Å². The largest absolute Gasteiger partial charge is 0.371 e. The zero-order chi connectivity index (χ0) is 19.7. The third-order valence-corrected chi connectivity index (χ3v) is 5.24. The van der Waals surface area contributed by atoms with E-state index in [1.807, 2.05) is 24.3 Å². The van der Waals surface area contributed by atoms with Crippen LogP contribution in [-0.4, -0.2) is 36.2 Å². The van der Waals surface area contributed by atoms with Crippen LogP contribution in [0.15, 0.2) is 54.7 Å².